The maximum atomic E-state index is 12.3. The molecule has 0 saturated heterocycles. The van der Waals surface area contributed by atoms with Crippen molar-refractivity contribution in [3.05, 3.63) is 30.7 Å². The van der Waals surface area contributed by atoms with Gasteiger partial charge in [-0.1, -0.05) is 27.7 Å². The number of pyridine rings is 1. The maximum Gasteiger partial charge on any atom is 0.229 e. The van der Waals surface area contributed by atoms with Crippen LogP contribution in [-0.2, 0) is 4.79 Å². The summed E-state index contributed by atoms with van der Waals surface area (Å²) < 4.78 is 0. The summed E-state index contributed by atoms with van der Waals surface area (Å²) in [4.78, 5) is 16.5. The SMILES string of the molecule is CC1(C)C(C(=O)Nc2ccc(N(N)/C=C\N)cn2)C1(C)C. The zero-order valence-electron chi connectivity index (χ0n) is 12.9. The van der Waals surface area contributed by atoms with Gasteiger partial charge in [0, 0.05) is 18.3 Å². The summed E-state index contributed by atoms with van der Waals surface area (Å²) >= 11 is 0. The van der Waals surface area contributed by atoms with Crippen LogP contribution in [0.1, 0.15) is 27.7 Å². The molecule has 6 heteroatoms. The lowest BCUT2D eigenvalue weighted by atomic mass is 10.0. The lowest BCUT2D eigenvalue weighted by Crippen LogP contribution is -2.24. The second kappa shape index (κ2) is 5.04. The van der Waals surface area contributed by atoms with E-state index >= 15 is 0 Å². The minimum atomic E-state index is -0.00217. The van der Waals surface area contributed by atoms with E-state index in [0.29, 0.717) is 11.5 Å². The Kier molecular flexibility index (Phi) is 3.67. The third kappa shape index (κ3) is 2.58. The molecule has 1 fully saturated rings. The number of rotatable bonds is 4. The van der Waals surface area contributed by atoms with Crippen LogP contribution < -0.4 is 21.9 Å². The number of nitrogens with one attached hydrogen (secondary N) is 1. The average Bonchev–Trinajstić information content (AvgIpc) is 2.80. The molecule has 0 bridgehead atoms. The van der Waals surface area contributed by atoms with E-state index < -0.39 is 0 Å². The smallest absolute Gasteiger partial charge is 0.229 e. The minimum Gasteiger partial charge on any atom is -0.403 e. The standard InChI is InChI=1S/C15H23N5O/c1-14(2)12(15(14,3)4)13(21)19-11-6-5-10(9-18-11)20(17)8-7-16/h5-9,12H,16-17H2,1-4H3,(H,18,19,21)/b8-7-. The van der Waals surface area contributed by atoms with E-state index in [1.165, 1.54) is 17.4 Å². The molecule has 0 unspecified atom stereocenters. The van der Waals surface area contributed by atoms with E-state index in [9.17, 15) is 4.79 Å². The van der Waals surface area contributed by atoms with Crippen molar-refractivity contribution in [1.82, 2.24) is 4.98 Å². The summed E-state index contributed by atoms with van der Waals surface area (Å²) in [7, 11) is 0. The van der Waals surface area contributed by atoms with Gasteiger partial charge in [-0.3, -0.25) is 9.80 Å². The zero-order chi connectivity index (χ0) is 15.8. The van der Waals surface area contributed by atoms with Crippen LogP contribution in [-0.4, -0.2) is 10.9 Å². The van der Waals surface area contributed by atoms with Gasteiger partial charge in [0.25, 0.3) is 0 Å². The highest BCUT2D eigenvalue weighted by Gasteiger charge is 2.68. The highest BCUT2D eigenvalue weighted by Crippen LogP contribution is 2.68. The predicted molar refractivity (Wildman–Crippen MR) is 83.9 cm³/mol. The van der Waals surface area contributed by atoms with Crippen molar-refractivity contribution in [3.63, 3.8) is 0 Å². The Hall–Kier alpha value is -2.08. The molecule has 0 atom stereocenters. The number of carbonyl (C=O) groups is 1. The highest BCUT2D eigenvalue weighted by molar-refractivity contribution is 5.95. The fourth-order valence-electron chi connectivity index (χ4n) is 2.84. The molecule has 114 valence electrons. The number of aromatic nitrogens is 1. The number of amides is 1. The first-order chi connectivity index (χ1) is 9.71. The highest BCUT2D eigenvalue weighted by atomic mass is 16.2. The quantitative estimate of drug-likeness (QED) is 0.580. The van der Waals surface area contributed by atoms with Crippen LogP contribution in [0.15, 0.2) is 30.7 Å². The number of nitrogens with zero attached hydrogens (tertiary/aromatic N) is 2. The Morgan fingerprint density at radius 3 is 2.38 bits per heavy atom. The lowest BCUT2D eigenvalue weighted by Gasteiger charge is -2.13. The third-order valence-corrected chi connectivity index (χ3v) is 4.83. The molecule has 1 aromatic heterocycles. The normalized spacial score (nSPS) is 19.5. The molecule has 21 heavy (non-hydrogen) atoms. The first-order valence-corrected chi connectivity index (χ1v) is 6.91. The molecular weight excluding hydrogens is 266 g/mol. The van der Waals surface area contributed by atoms with Crippen LogP contribution in [0.4, 0.5) is 11.5 Å². The van der Waals surface area contributed by atoms with E-state index in [2.05, 4.69) is 38.0 Å². The largest absolute Gasteiger partial charge is 0.403 e. The van der Waals surface area contributed by atoms with Gasteiger partial charge >= 0.3 is 0 Å². The molecular formula is C15H23N5O. The molecule has 2 rings (SSSR count). The summed E-state index contributed by atoms with van der Waals surface area (Å²) in [5.74, 6) is 6.25. The Morgan fingerprint density at radius 2 is 1.95 bits per heavy atom. The third-order valence-electron chi connectivity index (χ3n) is 4.83. The molecule has 0 aliphatic heterocycles. The summed E-state index contributed by atoms with van der Waals surface area (Å²) in [6.45, 7) is 8.44. The van der Waals surface area contributed by atoms with Gasteiger partial charge in [-0.15, -0.1) is 0 Å². The first-order valence-electron chi connectivity index (χ1n) is 6.91. The van der Waals surface area contributed by atoms with Crippen molar-refractivity contribution in [2.75, 3.05) is 10.3 Å². The van der Waals surface area contributed by atoms with E-state index in [0.717, 1.165) is 0 Å². The van der Waals surface area contributed by atoms with E-state index in [1.807, 2.05) is 0 Å². The number of hydrogen-bond acceptors (Lipinski definition) is 5. The molecule has 1 aromatic rings. The molecule has 0 aromatic carbocycles. The second-order valence-corrected chi connectivity index (χ2v) is 6.52. The lowest BCUT2D eigenvalue weighted by molar-refractivity contribution is -0.118. The number of nitrogens with two attached hydrogens (primary N) is 2. The van der Waals surface area contributed by atoms with Crippen molar-refractivity contribution < 1.29 is 4.79 Å². The Balaban J connectivity index is 2.03. The summed E-state index contributed by atoms with van der Waals surface area (Å²) in [6, 6.07) is 3.49. The van der Waals surface area contributed by atoms with Gasteiger partial charge in [0.15, 0.2) is 0 Å². The van der Waals surface area contributed by atoms with Gasteiger partial charge in [-0.25, -0.2) is 10.8 Å². The Morgan fingerprint density at radius 1 is 1.33 bits per heavy atom. The van der Waals surface area contributed by atoms with Crippen LogP contribution in [0.2, 0.25) is 0 Å². The van der Waals surface area contributed by atoms with E-state index in [-0.39, 0.29) is 22.7 Å². The van der Waals surface area contributed by atoms with Gasteiger partial charge in [0.05, 0.1) is 11.9 Å². The van der Waals surface area contributed by atoms with Crippen LogP contribution in [0.5, 0.6) is 0 Å². The van der Waals surface area contributed by atoms with Crippen LogP contribution in [0.25, 0.3) is 0 Å². The van der Waals surface area contributed by atoms with Gasteiger partial charge in [-0.2, -0.15) is 0 Å². The zero-order valence-corrected chi connectivity index (χ0v) is 12.9. The topological polar surface area (TPSA) is 97.3 Å². The molecule has 1 saturated carbocycles. The average molecular weight is 289 g/mol. The molecule has 1 amide bonds. The minimum absolute atomic E-state index is 0.00217. The Bertz CT molecular complexity index is 548. The number of hydrogen-bond donors (Lipinski definition) is 3. The Labute approximate surface area is 125 Å². The summed E-state index contributed by atoms with van der Waals surface area (Å²) in [5, 5.41) is 4.21. The number of anilines is 2. The predicted octanol–water partition coefficient (Wildman–Crippen LogP) is 1.81. The van der Waals surface area contributed by atoms with Crippen LogP contribution in [0.3, 0.4) is 0 Å². The fraction of sp³-hybridized carbons (Fsp3) is 0.467. The van der Waals surface area contributed by atoms with Gasteiger partial charge in [-0.05, 0) is 23.0 Å². The molecule has 1 heterocycles. The monoisotopic (exact) mass is 289 g/mol. The van der Waals surface area contributed by atoms with Gasteiger partial charge in [0.1, 0.15) is 5.82 Å². The van der Waals surface area contributed by atoms with Crippen molar-refractivity contribution in [1.29, 1.82) is 0 Å². The molecule has 0 radical (unpaired) electrons. The fourth-order valence-corrected chi connectivity index (χ4v) is 2.84. The van der Waals surface area contributed by atoms with Gasteiger partial charge in [0.2, 0.25) is 5.91 Å². The van der Waals surface area contributed by atoms with Crippen molar-refractivity contribution >= 4 is 17.4 Å². The van der Waals surface area contributed by atoms with Crippen LogP contribution in [0, 0.1) is 16.7 Å². The molecule has 6 nitrogen and oxygen atoms in total. The van der Waals surface area contributed by atoms with E-state index in [4.69, 9.17) is 11.6 Å². The molecule has 0 spiro atoms. The molecule has 1 aliphatic carbocycles. The van der Waals surface area contributed by atoms with E-state index in [1.54, 1.807) is 18.3 Å². The van der Waals surface area contributed by atoms with Crippen molar-refractivity contribution in [2.24, 2.45) is 28.3 Å². The summed E-state index contributed by atoms with van der Waals surface area (Å²) in [5.41, 5.74) is 5.98. The second-order valence-electron chi connectivity index (χ2n) is 6.52. The number of hydrazine groups is 1. The van der Waals surface area contributed by atoms with Crippen molar-refractivity contribution in [2.45, 2.75) is 27.7 Å². The summed E-state index contributed by atoms with van der Waals surface area (Å²) in [6.07, 6.45) is 4.44. The first kappa shape index (κ1) is 15.3. The van der Waals surface area contributed by atoms with Crippen molar-refractivity contribution in [3.8, 4) is 0 Å². The van der Waals surface area contributed by atoms with Crippen LogP contribution >= 0.6 is 0 Å². The maximum absolute atomic E-state index is 12.3. The molecule has 1 aliphatic rings. The van der Waals surface area contributed by atoms with Gasteiger partial charge < -0.3 is 11.1 Å². The number of carbonyl (C=O) groups excluding carboxylic acids is 1. The molecule has 5 N–H and O–H groups in total.